The molecule has 0 radical (unpaired) electrons. The molecule has 184 valence electrons. The van der Waals surface area contributed by atoms with Crippen molar-refractivity contribution in [2.24, 2.45) is 4.99 Å². The van der Waals surface area contributed by atoms with Crippen LogP contribution in [0.25, 0.3) is 6.08 Å². The van der Waals surface area contributed by atoms with E-state index in [1.54, 1.807) is 30.3 Å². The van der Waals surface area contributed by atoms with Crippen LogP contribution in [0.3, 0.4) is 0 Å². The number of carboxylic acids is 1. The van der Waals surface area contributed by atoms with Gasteiger partial charge in [0.25, 0.3) is 5.91 Å². The van der Waals surface area contributed by atoms with Gasteiger partial charge in [0, 0.05) is 6.54 Å². The summed E-state index contributed by atoms with van der Waals surface area (Å²) in [5, 5.41) is 9.67. The second-order valence-electron chi connectivity index (χ2n) is 7.04. The highest BCUT2D eigenvalue weighted by Gasteiger charge is 2.32. The van der Waals surface area contributed by atoms with Crippen LogP contribution in [-0.2, 0) is 14.3 Å². The van der Waals surface area contributed by atoms with Crippen molar-refractivity contribution in [3.63, 3.8) is 0 Å². The summed E-state index contributed by atoms with van der Waals surface area (Å²) in [6.45, 7) is 4.14. The van der Waals surface area contributed by atoms with Gasteiger partial charge in [-0.1, -0.05) is 6.07 Å². The van der Waals surface area contributed by atoms with Gasteiger partial charge in [0.15, 0.2) is 23.3 Å². The summed E-state index contributed by atoms with van der Waals surface area (Å²) in [4.78, 5) is 42.2. The van der Waals surface area contributed by atoms with Crippen molar-refractivity contribution in [2.75, 3.05) is 26.9 Å². The van der Waals surface area contributed by atoms with E-state index in [0.29, 0.717) is 50.4 Å². The van der Waals surface area contributed by atoms with Gasteiger partial charge in [0.2, 0.25) is 0 Å². The molecule has 3 rings (SSSR count). The summed E-state index contributed by atoms with van der Waals surface area (Å²) in [7, 11) is 1.27. The maximum Gasteiger partial charge on any atom is 0.343 e. The third-order valence-electron chi connectivity index (χ3n) is 4.71. The van der Waals surface area contributed by atoms with Gasteiger partial charge in [-0.05, 0) is 83.5 Å². The number of aliphatic imine (C=N–C) groups is 1. The smallest absolute Gasteiger partial charge is 0.343 e. The fourth-order valence-electron chi connectivity index (χ4n) is 3.10. The van der Waals surface area contributed by atoms with Crippen LogP contribution in [0.2, 0.25) is 0 Å². The van der Waals surface area contributed by atoms with E-state index in [2.05, 4.69) is 25.7 Å². The summed E-state index contributed by atoms with van der Waals surface area (Å²) in [5.41, 5.74) is 1.22. The van der Waals surface area contributed by atoms with Gasteiger partial charge in [-0.2, -0.15) is 0 Å². The second kappa shape index (κ2) is 11.9. The number of benzene rings is 2. The largest absolute Gasteiger partial charge is 0.490 e. The summed E-state index contributed by atoms with van der Waals surface area (Å²) in [6, 6.07) is 9.68. The number of rotatable bonds is 9. The fourth-order valence-corrected chi connectivity index (χ4v) is 4.74. The number of thioether (sulfide) groups is 1. The predicted octanol–water partition coefficient (Wildman–Crippen LogP) is 4.72. The van der Waals surface area contributed by atoms with Gasteiger partial charge >= 0.3 is 11.9 Å². The molecule has 1 heterocycles. The van der Waals surface area contributed by atoms with E-state index in [0.717, 1.165) is 0 Å². The molecular formula is C24H23BrN2O7S. The Balaban J connectivity index is 1.93. The number of halogens is 1. The average Bonchev–Trinajstić information content (AvgIpc) is 3.12. The number of likely N-dealkylation sites (N-methyl/N-ethyl adjacent to an activating group) is 1. The lowest BCUT2D eigenvalue weighted by molar-refractivity contribution is -0.143. The summed E-state index contributed by atoms with van der Waals surface area (Å²) in [6.07, 6.45) is 1.71. The zero-order valence-electron chi connectivity index (χ0n) is 19.2. The molecule has 35 heavy (non-hydrogen) atoms. The minimum absolute atomic E-state index is 0.114. The van der Waals surface area contributed by atoms with Gasteiger partial charge in [-0.3, -0.25) is 9.69 Å². The number of amidine groups is 1. The number of nitrogens with zero attached hydrogens (tertiary/aromatic N) is 2. The lowest BCUT2D eigenvalue weighted by Crippen LogP contribution is -2.28. The number of esters is 1. The van der Waals surface area contributed by atoms with Gasteiger partial charge in [-0.15, -0.1) is 0 Å². The minimum atomic E-state index is -1.05. The molecule has 1 aliphatic heterocycles. The van der Waals surface area contributed by atoms with E-state index in [1.165, 1.54) is 35.9 Å². The first-order valence-electron chi connectivity index (χ1n) is 10.6. The first kappa shape index (κ1) is 26.3. The number of hydrogen-bond donors (Lipinski definition) is 1. The maximum absolute atomic E-state index is 13.0. The molecule has 1 aliphatic rings. The van der Waals surface area contributed by atoms with Crippen LogP contribution in [0.15, 0.2) is 50.8 Å². The number of hydrogen-bond acceptors (Lipinski definition) is 8. The maximum atomic E-state index is 13.0. The van der Waals surface area contributed by atoms with Crippen molar-refractivity contribution in [3.8, 4) is 11.5 Å². The van der Waals surface area contributed by atoms with E-state index >= 15 is 0 Å². The lowest BCUT2D eigenvalue weighted by Gasteiger charge is -2.14. The van der Waals surface area contributed by atoms with Crippen LogP contribution in [0.1, 0.15) is 29.8 Å². The Morgan fingerprint density at radius 1 is 1.20 bits per heavy atom. The molecule has 0 aliphatic carbocycles. The number of ether oxygens (including phenoxy) is 3. The predicted molar refractivity (Wildman–Crippen MR) is 136 cm³/mol. The molecule has 0 unspecified atom stereocenters. The Hall–Kier alpha value is -3.31. The van der Waals surface area contributed by atoms with Crippen molar-refractivity contribution in [2.45, 2.75) is 13.8 Å². The Labute approximate surface area is 214 Å². The number of carboxylic acid groups (broad SMARTS) is 1. The van der Waals surface area contributed by atoms with Crippen molar-refractivity contribution >= 4 is 62.5 Å². The first-order valence-corrected chi connectivity index (χ1v) is 12.2. The monoisotopic (exact) mass is 562 g/mol. The molecule has 11 heteroatoms. The third kappa shape index (κ3) is 6.43. The minimum Gasteiger partial charge on any atom is -0.490 e. The molecule has 1 amide bonds. The van der Waals surface area contributed by atoms with Crippen molar-refractivity contribution in [1.29, 1.82) is 0 Å². The third-order valence-corrected chi connectivity index (χ3v) is 6.31. The van der Waals surface area contributed by atoms with Crippen molar-refractivity contribution < 1.29 is 33.7 Å². The molecule has 0 spiro atoms. The molecule has 1 saturated heterocycles. The SMILES string of the molecule is CCOc1cc(/C=C2/SC(=Nc3cccc(C(=O)O)c3)N(CC)C2=O)cc(Br)c1OCC(=O)OC. The van der Waals surface area contributed by atoms with Crippen LogP contribution < -0.4 is 9.47 Å². The van der Waals surface area contributed by atoms with Gasteiger partial charge < -0.3 is 19.3 Å². The normalized spacial score (nSPS) is 15.5. The van der Waals surface area contributed by atoms with Gasteiger partial charge in [-0.25, -0.2) is 14.6 Å². The molecule has 1 fully saturated rings. The van der Waals surface area contributed by atoms with Gasteiger partial charge in [0.05, 0.1) is 34.3 Å². The molecule has 0 aromatic heterocycles. The van der Waals surface area contributed by atoms with Crippen LogP contribution in [0, 0.1) is 0 Å². The van der Waals surface area contributed by atoms with E-state index in [1.807, 2.05) is 13.8 Å². The number of carbonyl (C=O) groups excluding carboxylic acids is 2. The molecular weight excluding hydrogens is 540 g/mol. The van der Waals surface area contributed by atoms with Crippen LogP contribution in [0.4, 0.5) is 5.69 Å². The zero-order chi connectivity index (χ0) is 25.5. The number of carbonyl (C=O) groups is 3. The Morgan fingerprint density at radius 2 is 1.97 bits per heavy atom. The Morgan fingerprint density at radius 3 is 2.63 bits per heavy atom. The molecule has 0 bridgehead atoms. The van der Waals surface area contributed by atoms with Crippen LogP contribution in [-0.4, -0.2) is 59.9 Å². The molecule has 0 atom stereocenters. The average molecular weight is 563 g/mol. The molecule has 9 nitrogen and oxygen atoms in total. The topological polar surface area (TPSA) is 115 Å². The highest BCUT2D eigenvalue weighted by molar-refractivity contribution is 9.10. The van der Waals surface area contributed by atoms with Crippen LogP contribution >= 0.6 is 27.7 Å². The van der Waals surface area contributed by atoms with Crippen LogP contribution in [0.5, 0.6) is 11.5 Å². The number of amides is 1. The highest BCUT2D eigenvalue weighted by Crippen LogP contribution is 2.39. The quantitative estimate of drug-likeness (QED) is 0.344. The molecule has 2 aromatic rings. The Kier molecular flexibility index (Phi) is 8.94. The zero-order valence-corrected chi connectivity index (χ0v) is 21.6. The molecule has 0 saturated carbocycles. The first-order chi connectivity index (χ1) is 16.8. The fraction of sp³-hybridized carbons (Fsp3) is 0.250. The Bertz CT molecular complexity index is 1210. The lowest BCUT2D eigenvalue weighted by atomic mass is 10.2. The standard InChI is InChI=1S/C24H23BrN2O7S/c1-4-27-22(29)19(35-24(27)26-16-8-6-7-15(12-16)23(30)31)11-14-9-17(25)21(18(10-14)33-5-2)34-13-20(28)32-3/h6-12H,4-5,13H2,1-3H3,(H,30,31)/b19-11+,26-24?. The molecule has 1 N–H and O–H groups in total. The van der Waals surface area contributed by atoms with Crippen molar-refractivity contribution in [3.05, 3.63) is 56.9 Å². The van der Waals surface area contributed by atoms with E-state index in [9.17, 15) is 19.5 Å². The van der Waals surface area contributed by atoms with Crippen molar-refractivity contribution in [1.82, 2.24) is 4.90 Å². The molecule has 2 aromatic carbocycles. The van der Waals surface area contributed by atoms with E-state index in [4.69, 9.17) is 9.47 Å². The number of aromatic carboxylic acids is 1. The summed E-state index contributed by atoms with van der Waals surface area (Å²) < 4.78 is 16.4. The van der Waals surface area contributed by atoms with Gasteiger partial charge in [0.1, 0.15) is 0 Å². The summed E-state index contributed by atoms with van der Waals surface area (Å²) in [5.74, 6) is -1.05. The second-order valence-corrected chi connectivity index (χ2v) is 8.90. The highest BCUT2D eigenvalue weighted by atomic mass is 79.9. The van der Waals surface area contributed by atoms with E-state index < -0.39 is 11.9 Å². The van der Waals surface area contributed by atoms with E-state index in [-0.39, 0.29) is 18.1 Å². The number of methoxy groups -OCH3 is 1. The summed E-state index contributed by atoms with van der Waals surface area (Å²) >= 11 is 4.64.